The number of rotatable bonds is 3. The van der Waals surface area contributed by atoms with Gasteiger partial charge >= 0.3 is 6.18 Å². The van der Waals surface area contributed by atoms with Gasteiger partial charge in [0.2, 0.25) is 5.95 Å². The largest absolute Gasteiger partial charge is 0.419 e. The van der Waals surface area contributed by atoms with E-state index >= 15 is 0 Å². The highest BCUT2D eigenvalue weighted by Gasteiger charge is 2.60. The van der Waals surface area contributed by atoms with E-state index in [-0.39, 0.29) is 38.4 Å². The molecule has 0 fully saturated rings. The van der Waals surface area contributed by atoms with E-state index in [9.17, 15) is 36.2 Å². The zero-order valence-corrected chi connectivity index (χ0v) is 19.3. The van der Waals surface area contributed by atoms with Crippen molar-refractivity contribution in [1.29, 1.82) is 0 Å². The van der Waals surface area contributed by atoms with E-state index in [0.29, 0.717) is 0 Å². The van der Waals surface area contributed by atoms with Gasteiger partial charge in [-0.1, -0.05) is 17.7 Å². The molecule has 2 atom stereocenters. The van der Waals surface area contributed by atoms with Gasteiger partial charge in [-0.15, -0.1) is 0 Å². The summed E-state index contributed by atoms with van der Waals surface area (Å²) in [7, 11) is 0. The van der Waals surface area contributed by atoms with E-state index in [1.54, 1.807) is 0 Å². The van der Waals surface area contributed by atoms with Crippen LogP contribution in [-0.4, -0.2) is 26.4 Å². The van der Waals surface area contributed by atoms with Gasteiger partial charge < -0.3 is 10.4 Å². The first kappa shape index (κ1) is 25.1. The Morgan fingerprint density at radius 2 is 1.84 bits per heavy atom. The molecule has 5 rings (SSSR count). The third kappa shape index (κ3) is 4.11. The highest BCUT2D eigenvalue weighted by atomic mass is 35.5. The smallest absolute Gasteiger partial charge is 0.379 e. The topological polar surface area (TPSA) is 67.2 Å². The quantitative estimate of drug-likeness (QED) is 0.253. The zero-order chi connectivity index (χ0) is 26.7. The summed E-state index contributed by atoms with van der Waals surface area (Å²) in [4.78, 5) is 16.1. The minimum absolute atomic E-state index is 0.0581. The molecule has 4 aromatic rings. The molecule has 1 aliphatic carbocycles. The van der Waals surface area contributed by atoms with Gasteiger partial charge in [0, 0.05) is 17.1 Å². The maximum Gasteiger partial charge on any atom is 0.419 e. The Bertz CT molecular complexity index is 1590. The zero-order valence-electron chi connectivity index (χ0n) is 18.6. The van der Waals surface area contributed by atoms with Gasteiger partial charge in [0.1, 0.15) is 11.6 Å². The second-order valence-electron chi connectivity index (χ2n) is 8.66. The predicted octanol–water partition coefficient (Wildman–Crippen LogP) is 5.85. The fraction of sp³-hybridized carbons (Fsp3) is 0.200. The number of fused-ring (bicyclic) bond motifs is 2. The molecule has 2 unspecified atom stereocenters. The van der Waals surface area contributed by atoms with Gasteiger partial charge in [-0.2, -0.15) is 17.6 Å². The Labute approximate surface area is 209 Å². The van der Waals surface area contributed by atoms with Crippen LogP contribution in [0.2, 0.25) is 5.02 Å². The first-order valence-corrected chi connectivity index (χ1v) is 11.3. The van der Waals surface area contributed by atoms with Crippen molar-refractivity contribution in [2.24, 2.45) is 0 Å². The molecule has 1 aliphatic rings. The van der Waals surface area contributed by atoms with Crippen molar-refractivity contribution in [2.45, 2.75) is 30.7 Å². The van der Waals surface area contributed by atoms with Crippen LogP contribution in [0.1, 0.15) is 23.6 Å². The Hall–Kier alpha value is -3.57. The molecule has 0 amide bonds. The van der Waals surface area contributed by atoms with E-state index in [0.717, 1.165) is 41.1 Å². The third-order valence-corrected chi connectivity index (χ3v) is 6.81. The van der Waals surface area contributed by atoms with Gasteiger partial charge in [-0.3, -0.25) is 9.36 Å². The molecule has 2 aromatic heterocycles. The molecule has 2 N–H and O–H groups in total. The summed E-state index contributed by atoms with van der Waals surface area (Å²) < 4.78 is 86.3. The second-order valence-corrected chi connectivity index (χ2v) is 9.07. The molecule has 12 heteroatoms. The minimum Gasteiger partial charge on any atom is -0.379 e. The summed E-state index contributed by atoms with van der Waals surface area (Å²) in [6.45, 7) is 0. The number of anilines is 1. The molecule has 37 heavy (non-hydrogen) atoms. The van der Waals surface area contributed by atoms with E-state index in [2.05, 4.69) is 10.3 Å². The fourth-order valence-electron chi connectivity index (χ4n) is 4.71. The number of hydrogen-bond acceptors (Lipinski definition) is 4. The van der Waals surface area contributed by atoms with Crippen molar-refractivity contribution in [3.8, 4) is 5.69 Å². The average Bonchev–Trinajstić information content (AvgIpc) is 2.83. The summed E-state index contributed by atoms with van der Waals surface area (Å²) in [5.74, 6) is -2.64. The maximum absolute atomic E-state index is 14.8. The SMILES string of the molecule is O=c1ccc2c(NC3c4ccc(Cl)c(F)c4CCC3(O)C(F)(F)F)cc(F)cc2n1-c1ccc(F)nc1. The van der Waals surface area contributed by atoms with Crippen LogP contribution in [0.5, 0.6) is 0 Å². The molecule has 192 valence electrons. The van der Waals surface area contributed by atoms with Crippen molar-refractivity contribution in [1.82, 2.24) is 9.55 Å². The number of nitrogens with one attached hydrogen (secondary N) is 1. The lowest BCUT2D eigenvalue weighted by molar-refractivity contribution is -0.270. The molecular weight excluding hydrogens is 524 g/mol. The first-order valence-electron chi connectivity index (χ1n) is 10.9. The van der Waals surface area contributed by atoms with Crippen molar-refractivity contribution < 1.29 is 31.4 Å². The molecule has 2 aromatic carbocycles. The number of alkyl halides is 3. The number of aliphatic hydroxyl groups is 1. The Kier molecular flexibility index (Phi) is 5.95. The third-order valence-electron chi connectivity index (χ3n) is 6.51. The summed E-state index contributed by atoms with van der Waals surface area (Å²) in [6, 6.07) is 6.78. The highest BCUT2D eigenvalue weighted by Crippen LogP contribution is 2.50. The van der Waals surface area contributed by atoms with Crippen LogP contribution in [0, 0.1) is 17.6 Å². The second kappa shape index (κ2) is 8.77. The minimum atomic E-state index is -5.14. The first-order chi connectivity index (χ1) is 17.4. The molecular formula is C25H16ClF6N3O2. The molecule has 5 nitrogen and oxygen atoms in total. The average molecular weight is 540 g/mol. The Morgan fingerprint density at radius 3 is 2.51 bits per heavy atom. The van der Waals surface area contributed by atoms with Crippen molar-refractivity contribution in [3.63, 3.8) is 0 Å². The molecule has 0 saturated heterocycles. The fourth-order valence-corrected chi connectivity index (χ4v) is 4.88. The lowest BCUT2D eigenvalue weighted by Gasteiger charge is -2.43. The Morgan fingerprint density at radius 1 is 1.08 bits per heavy atom. The van der Waals surface area contributed by atoms with Crippen LogP contribution in [0.15, 0.2) is 59.5 Å². The molecule has 2 heterocycles. The van der Waals surface area contributed by atoms with Gasteiger partial charge in [-0.25, -0.2) is 13.8 Å². The standard InChI is InChI=1S/C25H16ClF6N3O2/c26-17-4-2-15-14(22(17)29)7-8-24(37,25(30,31)32)23(15)34-18-9-12(27)10-19-16(18)3-6-21(36)35(19)13-1-5-20(28)33-11-13/h1-6,9-11,23,34,37H,7-8H2. The van der Waals surface area contributed by atoms with Gasteiger partial charge in [-0.05, 0) is 60.4 Å². The number of hydrogen-bond donors (Lipinski definition) is 2. The van der Waals surface area contributed by atoms with Crippen molar-refractivity contribution in [3.05, 3.63) is 98.8 Å². The van der Waals surface area contributed by atoms with Crippen molar-refractivity contribution in [2.75, 3.05) is 5.32 Å². The van der Waals surface area contributed by atoms with Gasteiger partial charge in [0.15, 0.2) is 5.60 Å². The predicted molar refractivity (Wildman–Crippen MR) is 124 cm³/mol. The summed E-state index contributed by atoms with van der Waals surface area (Å²) in [5, 5.41) is 13.2. The number of benzene rings is 2. The van der Waals surface area contributed by atoms with Crippen molar-refractivity contribution >= 4 is 28.2 Å². The lowest BCUT2D eigenvalue weighted by Crippen LogP contribution is -2.55. The monoisotopic (exact) mass is 539 g/mol. The summed E-state index contributed by atoms with van der Waals surface area (Å²) in [6.07, 6.45) is -5.40. The van der Waals surface area contributed by atoms with E-state index < -0.39 is 53.8 Å². The van der Waals surface area contributed by atoms with Crippen LogP contribution in [0.25, 0.3) is 16.6 Å². The van der Waals surface area contributed by atoms with Gasteiger partial charge in [0.25, 0.3) is 5.56 Å². The van der Waals surface area contributed by atoms with Crippen LogP contribution in [0.3, 0.4) is 0 Å². The van der Waals surface area contributed by atoms with E-state index in [1.807, 2.05) is 0 Å². The number of aromatic nitrogens is 2. The molecule has 0 radical (unpaired) electrons. The number of pyridine rings is 2. The number of nitrogens with zero attached hydrogens (tertiary/aromatic N) is 2. The molecule has 0 bridgehead atoms. The van der Waals surface area contributed by atoms with Crippen LogP contribution < -0.4 is 10.9 Å². The summed E-state index contributed by atoms with van der Waals surface area (Å²) in [5.41, 5.74) is -4.44. The summed E-state index contributed by atoms with van der Waals surface area (Å²) >= 11 is 5.82. The van der Waals surface area contributed by atoms with Crippen LogP contribution in [0.4, 0.5) is 32.0 Å². The molecule has 0 aliphatic heterocycles. The Balaban J connectivity index is 1.73. The maximum atomic E-state index is 14.8. The normalized spacial score (nSPS) is 19.6. The van der Waals surface area contributed by atoms with E-state index in [4.69, 9.17) is 11.6 Å². The van der Waals surface area contributed by atoms with Crippen LogP contribution in [-0.2, 0) is 6.42 Å². The number of halogens is 7. The molecule has 0 saturated carbocycles. The lowest BCUT2D eigenvalue weighted by atomic mass is 9.75. The highest BCUT2D eigenvalue weighted by molar-refractivity contribution is 6.30. The van der Waals surface area contributed by atoms with Gasteiger partial charge in [0.05, 0.1) is 28.5 Å². The van der Waals surface area contributed by atoms with Crippen LogP contribution >= 0.6 is 11.6 Å². The van der Waals surface area contributed by atoms with E-state index in [1.165, 1.54) is 18.2 Å². The molecule has 0 spiro atoms.